The van der Waals surface area contributed by atoms with Gasteiger partial charge in [-0.2, -0.15) is 0 Å². The average Bonchev–Trinajstić information content (AvgIpc) is 2.94. The van der Waals surface area contributed by atoms with Crippen LogP contribution in [0.25, 0.3) is 0 Å². The first-order valence-electron chi connectivity index (χ1n) is 7.88. The Morgan fingerprint density at radius 3 is 2.76 bits per heavy atom. The summed E-state index contributed by atoms with van der Waals surface area (Å²) in [5.41, 5.74) is 0. The fourth-order valence-corrected chi connectivity index (χ4v) is 5.80. The topological polar surface area (TPSA) is 58.2 Å². The lowest BCUT2D eigenvalue weighted by atomic mass is 9.83. The molecule has 2 atom stereocenters. The molecule has 0 spiro atoms. The van der Waals surface area contributed by atoms with Crippen LogP contribution in [0.1, 0.15) is 50.8 Å². The van der Waals surface area contributed by atoms with Crippen molar-refractivity contribution in [1.29, 1.82) is 0 Å². The minimum Gasteiger partial charge on any atom is -0.312 e. The van der Waals surface area contributed by atoms with E-state index >= 15 is 0 Å². The predicted molar refractivity (Wildman–Crippen MR) is 88.1 cm³/mol. The van der Waals surface area contributed by atoms with Gasteiger partial charge in [0.05, 0.1) is 4.90 Å². The van der Waals surface area contributed by atoms with Crippen molar-refractivity contribution < 1.29 is 8.42 Å². The van der Waals surface area contributed by atoms with Gasteiger partial charge in [-0.25, -0.2) is 13.1 Å². The summed E-state index contributed by atoms with van der Waals surface area (Å²) >= 11 is 1.50. The molecule has 1 aromatic rings. The molecule has 6 heteroatoms. The molecule has 2 rings (SSSR count). The smallest absolute Gasteiger partial charge is 0.241 e. The summed E-state index contributed by atoms with van der Waals surface area (Å²) in [5.74, 6) is 0.476. The lowest BCUT2D eigenvalue weighted by Gasteiger charge is -2.31. The largest absolute Gasteiger partial charge is 0.312 e. The molecule has 1 aliphatic carbocycles. The Morgan fingerprint density at radius 2 is 2.05 bits per heavy atom. The van der Waals surface area contributed by atoms with Gasteiger partial charge in [-0.05, 0) is 36.8 Å². The zero-order chi connectivity index (χ0) is 15.3. The first-order valence-corrected chi connectivity index (χ1v) is 10.2. The summed E-state index contributed by atoms with van der Waals surface area (Å²) in [7, 11) is -3.40. The zero-order valence-corrected chi connectivity index (χ0v) is 14.5. The number of hydrogen-bond acceptors (Lipinski definition) is 4. The van der Waals surface area contributed by atoms with Crippen LogP contribution in [0.4, 0.5) is 0 Å². The number of thiophene rings is 1. The number of rotatable bonds is 7. The van der Waals surface area contributed by atoms with Crippen LogP contribution in [0.2, 0.25) is 0 Å². The van der Waals surface area contributed by atoms with Gasteiger partial charge >= 0.3 is 0 Å². The SMILES string of the molecule is CCNCc1sccc1S(=O)(=O)NC1CCCCC1CC. The second kappa shape index (κ2) is 7.72. The Hall–Kier alpha value is -0.430. The van der Waals surface area contributed by atoms with E-state index in [-0.39, 0.29) is 6.04 Å². The van der Waals surface area contributed by atoms with Crippen LogP contribution in [0, 0.1) is 5.92 Å². The van der Waals surface area contributed by atoms with Crippen molar-refractivity contribution in [2.45, 2.75) is 63.4 Å². The minimum atomic E-state index is -3.40. The van der Waals surface area contributed by atoms with E-state index in [0.29, 0.717) is 17.4 Å². The van der Waals surface area contributed by atoms with E-state index in [1.165, 1.54) is 17.8 Å². The molecular formula is C15H26N2O2S2. The summed E-state index contributed by atoms with van der Waals surface area (Å²) in [6, 6.07) is 1.82. The molecule has 1 aromatic heterocycles. The maximum absolute atomic E-state index is 12.7. The summed E-state index contributed by atoms with van der Waals surface area (Å²) in [6.07, 6.45) is 5.49. The normalized spacial score (nSPS) is 23.3. The standard InChI is InChI=1S/C15H26N2O2S2/c1-3-12-7-5-6-8-13(12)17-21(18,19)15-9-10-20-14(15)11-16-4-2/h9-10,12-13,16-17H,3-8,11H2,1-2H3. The van der Waals surface area contributed by atoms with Crippen LogP contribution < -0.4 is 10.0 Å². The van der Waals surface area contributed by atoms with Crippen LogP contribution in [0.15, 0.2) is 16.3 Å². The summed E-state index contributed by atoms with van der Waals surface area (Å²) in [6.45, 7) is 5.63. The first kappa shape index (κ1) is 16.9. The molecule has 2 N–H and O–H groups in total. The van der Waals surface area contributed by atoms with Crippen LogP contribution in [-0.2, 0) is 16.6 Å². The second-order valence-corrected chi connectivity index (χ2v) is 8.35. The van der Waals surface area contributed by atoms with Gasteiger partial charge in [0.15, 0.2) is 0 Å². The van der Waals surface area contributed by atoms with Gasteiger partial charge in [-0.15, -0.1) is 11.3 Å². The maximum atomic E-state index is 12.7. The van der Waals surface area contributed by atoms with E-state index in [1.54, 1.807) is 6.07 Å². The van der Waals surface area contributed by atoms with Gasteiger partial charge in [0.2, 0.25) is 10.0 Å². The number of nitrogens with one attached hydrogen (secondary N) is 2. The quantitative estimate of drug-likeness (QED) is 0.807. The van der Waals surface area contributed by atoms with Crippen molar-refractivity contribution in [2.75, 3.05) is 6.54 Å². The van der Waals surface area contributed by atoms with Crippen LogP contribution in [-0.4, -0.2) is 21.0 Å². The second-order valence-electron chi connectivity index (χ2n) is 5.67. The van der Waals surface area contributed by atoms with Gasteiger partial charge < -0.3 is 5.32 Å². The lowest BCUT2D eigenvalue weighted by Crippen LogP contribution is -2.42. The average molecular weight is 331 g/mol. The van der Waals surface area contributed by atoms with E-state index in [2.05, 4.69) is 17.0 Å². The van der Waals surface area contributed by atoms with Crippen molar-refractivity contribution in [2.24, 2.45) is 5.92 Å². The highest BCUT2D eigenvalue weighted by molar-refractivity contribution is 7.89. The summed E-state index contributed by atoms with van der Waals surface area (Å²) < 4.78 is 28.3. The number of hydrogen-bond donors (Lipinski definition) is 2. The van der Waals surface area contributed by atoms with E-state index in [0.717, 1.165) is 37.1 Å². The highest BCUT2D eigenvalue weighted by atomic mass is 32.2. The third-order valence-corrected chi connectivity index (χ3v) is 6.89. The van der Waals surface area contributed by atoms with Gasteiger partial charge in [0.1, 0.15) is 0 Å². The van der Waals surface area contributed by atoms with Crippen molar-refractivity contribution in [3.63, 3.8) is 0 Å². The first-order chi connectivity index (χ1) is 10.1. The van der Waals surface area contributed by atoms with Gasteiger partial charge in [0.25, 0.3) is 0 Å². The zero-order valence-electron chi connectivity index (χ0n) is 12.9. The maximum Gasteiger partial charge on any atom is 0.241 e. The Balaban J connectivity index is 2.12. The molecule has 21 heavy (non-hydrogen) atoms. The Morgan fingerprint density at radius 1 is 1.29 bits per heavy atom. The molecule has 1 saturated carbocycles. The minimum absolute atomic E-state index is 0.0978. The molecule has 1 heterocycles. The molecule has 0 bridgehead atoms. The Labute approximate surface area is 132 Å². The fourth-order valence-electron chi connectivity index (χ4n) is 3.05. The van der Waals surface area contributed by atoms with Crippen molar-refractivity contribution in [3.05, 3.63) is 16.3 Å². The Kier molecular flexibility index (Phi) is 6.22. The highest BCUT2D eigenvalue weighted by Crippen LogP contribution is 2.29. The molecule has 0 radical (unpaired) electrons. The van der Waals surface area contributed by atoms with E-state index in [9.17, 15) is 8.42 Å². The number of sulfonamides is 1. The molecule has 4 nitrogen and oxygen atoms in total. The van der Waals surface area contributed by atoms with Crippen LogP contribution in [0.3, 0.4) is 0 Å². The molecule has 120 valence electrons. The third kappa shape index (κ3) is 4.28. The van der Waals surface area contributed by atoms with Crippen molar-refractivity contribution >= 4 is 21.4 Å². The fraction of sp³-hybridized carbons (Fsp3) is 0.733. The molecule has 1 aliphatic rings. The van der Waals surface area contributed by atoms with Gasteiger partial charge in [0, 0.05) is 17.5 Å². The van der Waals surface area contributed by atoms with Gasteiger partial charge in [-0.3, -0.25) is 0 Å². The van der Waals surface area contributed by atoms with Crippen LogP contribution >= 0.6 is 11.3 Å². The predicted octanol–water partition coefficient (Wildman–Crippen LogP) is 3.10. The molecule has 0 amide bonds. The van der Waals surface area contributed by atoms with Crippen LogP contribution in [0.5, 0.6) is 0 Å². The lowest BCUT2D eigenvalue weighted by molar-refractivity contribution is 0.282. The molecule has 0 aromatic carbocycles. The molecule has 2 unspecified atom stereocenters. The molecule has 0 saturated heterocycles. The van der Waals surface area contributed by atoms with E-state index < -0.39 is 10.0 Å². The summed E-state index contributed by atoms with van der Waals surface area (Å²) in [4.78, 5) is 1.35. The molecular weight excluding hydrogens is 304 g/mol. The van der Waals surface area contributed by atoms with Crippen molar-refractivity contribution in [3.8, 4) is 0 Å². The molecule has 0 aliphatic heterocycles. The monoisotopic (exact) mass is 330 g/mol. The third-order valence-electron chi connectivity index (χ3n) is 4.27. The van der Waals surface area contributed by atoms with Gasteiger partial charge in [-0.1, -0.05) is 33.1 Å². The highest BCUT2D eigenvalue weighted by Gasteiger charge is 2.29. The molecule has 1 fully saturated rings. The summed E-state index contributed by atoms with van der Waals surface area (Å²) in [5, 5.41) is 5.07. The van der Waals surface area contributed by atoms with E-state index in [4.69, 9.17) is 0 Å². The van der Waals surface area contributed by atoms with E-state index in [1.807, 2.05) is 12.3 Å². The van der Waals surface area contributed by atoms with Crippen molar-refractivity contribution in [1.82, 2.24) is 10.0 Å². The Bertz CT molecular complexity index is 540.